The fraction of sp³-hybridized carbons (Fsp3) is 0.457. The third kappa shape index (κ3) is 4.30. The number of carboxylic acids is 1. The van der Waals surface area contributed by atoms with Gasteiger partial charge in [0.05, 0.1) is 17.8 Å². The highest BCUT2D eigenvalue weighted by atomic mass is 19.1. The first-order valence-electron chi connectivity index (χ1n) is 15.3. The van der Waals surface area contributed by atoms with Crippen LogP contribution in [0.5, 0.6) is 11.5 Å². The molecule has 3 saturated carbocycles. The highest BCUT2D eigenvalue weighted by molar-refractivity contribution is 6.01. The van der Waals surface area contributed by atoms with E-state index in [1.807, 2.05) is 13.0 Å². The second-order valence-electron chi connectivity index (χ2n) is 13.5. The van der Waals surface area contributed by atoms with Crippen LogP contribution in [0.2, 0.25) is 0 Å². The average molecular weight is 619 g/mol. The summed E-state index contributed by atoms with van der Waals surface area (Å²) in [5.74, 6) is -2.33. The summed E-state index contributed by atoms with van der Waals surface area (Å²) in [5.41, 5.74) is -1.91. The van der Waals surface area contributed by atoms with Crippen LogP contribution in [-0.2, 0) is 19.1 Å². The molecule has 5 aliphatic rings. The van der Waals surface area contributed by atoms with Crippen molar-refractivity contribution in [1.29, 1.82) is 0 Å². The van der Waals surface area contributed by atoms with Crippen molar-refractivity contribution in [1.82, 2.24) is 0 Å². The summed E-state index contributed by atoms with van der Waals surface area (Å²) in [6.07, 6.45) is 4.42. The zero-order valence-corrected chi connectivity index (χ0v) is 24.9. The van der Waals surface area contributed by atoms with Crippen molar-refractivity contribution in [2.75, 3.05) is 6.61 Å². The van der Waals surface area contributed by atoms with Gasteiger partial charge in [0, 0.05) is 28.4 Å². The molecule has 0 bridgehead atoms. The lowest BCUT2D eigenvalue weighted by Crippen LogP contribution is -2.63. The van der Waals surface area contributed by atoms with Gasteiger partial charge in [0.1, 0.15) is 23.9 Å². The number of Topliss-reactive ketones (excluding diaryl/α,β-unsaturated/α-hetero) is 1. The zero-order valence-electron chi connectivity index (χ0n) is 24.9. The van der Waals surface area contributed by atoms with Gasteiger partial charge in [-0.25, -0.2) is 9.18 Å². The third-order valence-electron chi connectivity index (χ3n) is 11.3. The van der Waals surface area contributed by atoms with Crippen LogP contribution in [0.1, 0.15) is 61.7 Å². The third-order valence-corrected chi connectivity index (χ3v) is 11.3. The lowest BCUT2D eigenvalue weighted by molar-refractivity contribution is -0.201. The molecule has 236 valence electrons. The Bertz CT molecular complexity index is 1670. The number of carbonyl (C=O) groups excluding carboxylic acids is 2. The Hall–Kier alpha value is -3.70. The number of carboxylic acid groups (broad SMARTS) is 1. The molecule has 0 aromatic heterocycles. The number of aromatic carboxylic acids is 1. The first-order chi connectivity index (χ1) is 21.4. The number of hydrogen-bond acceptors (Lipinski definition) is 8. The smallest absolute Gasteiger partial charge is 0.335 e. The predicted octanol–water partition coefficient (Wildman–Crippen LogP) is 4.92. The summed E-state index contributed by atoms with van der Waals surface area (Å²) in [6, 6.07) is 9.91. The summed E-state index contributed by atoms with van der Waals surface area (Å²) in [7, 11) is 0. The van der Waals surface area contributed by atoms with E-state index >= 15 is 4.39 Å². The summed E-state index contributed by atoms with van der Waals surface area (Å²) < 4.78 is 34.1. The fourth-order valence-electron chi connectivity index (χ4n) is 9.42. The average Bonchev–Trinajstić information content (AvgIpc) is 3.49. The Morgan fingerprint density at radius 3 is 2.64 bits per heavy atom. The number of benzene rings is 2. The number of halogens is 1. The highest BCUT2D eigenvalue weighted by Crippen LogP contribution is 2.70. The van der Waals surface area contributed by atoms with Gasteiger partial charge in [-0.3, -0.25) is 9.59 Å². The first kappa shape index (κ1) is 30.0. The molecule has 1 aliphatic heterocycles. The molecular formula is C35H35FO9. The largest absolute Gasteiger partial charge is 0.478 e. The van der Waals surface area contributed by atoms with Gasteiger partial charge in [0.15, 0.2) is 23.5 Å². The molecule has 0 unspecified atom stereocenters. The quantitative estimate of drug-likeness (QED) is 0.412. The highest BCUT2D eigenvalue weighted by Gasteiger charge is 2.76. The van der Waals surface area contributed by atoms with Crippen LogP contribution in [0.15, 0.2) is 66.3 Å². The summed E-state index contributed by atoms with van der Waals surface area (Å²) in [4.78, 5) is 37.2. The monoisotopic (exact) mass is 618 g/mol. The molecule has 2 aromatic rings. The fourth-order valence-corrected chi connectivity index (χ4v) is 9.42. The Labute approximate surface area is 259 Å². The van der Waals surface area contributed by atoms with Gasteiger partial charge in [-0.1, -0.05) is 31.6 Å². The van der Waals surface area contributed by atoms with Crippen LogP contribution >= 0.6 is 0 Å². The predicted molar refractivity (Wildman–Crippen MR) is 157 cm³/mol. The van der Waals surface area contributed by atoms with Gasteiger partial charge in [-0.2, -0.15) is 0 Å². The number of fused-ring (bicyclic) bond motifs is 7. The van der Waals surface area contributed by atoms with Crippen LogP contribution in [0.25, 0.3) is 0 Å². The van der Waals surface area contributed by atoms with Crippen LogP contribution in [0, 0.1) is 34.4 Å². The lowest BCUT2D eigenvalue weighted by Gasteiger charge is -2.59. The SMILES string of the molecule is C[C@]12C=CC(=O)C=C1CC[C@@H]1[C@@H]2[C@@H](O)C[C@@]2(C)[C@H]1C[C@H]1O[C@@H](c3ccc(Oc4cccc(C(=O)O)c4)cc3F)O[C@]12C(=O)CO. The summed E-state index contributed by atoms with van der Waals surface area (Å²) in [6.45, 7) is 3.19. The minimum Gasteiger partial charge on any atom is -0.478 e. The normalized spacial score (nSPS) is 38.1. The molecule has 9 nitrogen and oxygen atoms in total. The topological polar surface area (TPSA) is 140 Å². The van der Waals surface area contributed by atoms with Gasteiger partial charge in [0.25, 0.3) is 0 Å². The summed E-state index contributed by atoms with van der Waals surface area (Å²) in [5, 5.41) is 31.2. The minimum atomic E-state index is -1.60. The standard InChI is InChI=1S/C35H35FO9/c1-33-11-10-20(38)13-19(33)6-8-23-25-15-29-35(28(40)17-37,34(25,2)16-27(39)30(23)33)45-32(44-29)24-9-7-22(14-26(24)36)43-21-5-3-4-18(12-21)31(41)42/h3-5,7,9-14,23,25,27,29-30,32,37,39H,6,8,15-17H2,1-2H3,(H,41,42)/t23-,25-,27-,29+,30+,32+,33-,34-,35+/m0/s1. The van der Waals surface area contributed by atoms with Gasteiger partial charge >= 0.3 is 5.97 Å². The number of rotatable bonds is 6. The van der Waals surface area contributed by atoms with Crippen LogP contribution < -0.4 is 4.74 Å². The van der Waals surface area contributed by atoms with E-state index in [4.69, 9.17) is 14.2 Å². The second-order valence-corrected chi connectivity index (χ2v) is 13.5. The second kappa shape index (κ2) is 10.4. The van der Waals surface area contributed by atoms with E-state index in [0.717, 1.165) is 18.1 Å². The first-order valence-corrected chi connectivity index (χ1v) is 15.3. The molecule has 4 aliphatic carbocycles. The number of aliphatic hydroxyl groups excluding tert-OH is 2. The molecule has 0 spiro atoms. The van der Waals surface area contributed by atoms with Crippen molar-refractivity contribution in [3.63, 3.8) is 0 Å². The van der Waals surface area contributed by atoms with Gasteiger partial charge in [-0.15, -0.1) is 0 Å². The number of ether oxygens (including phenoxy) is 3. The number of hydrogen-bond donors (Lipinski definition) is 3. The van der Waals surface area contributed by atoms with E-state index in [9.17, 15) is 29.7 Å². The van der Waals surface area contributed by atoms with E-state index in [1.54, 1.807) is 18.2 Å². The van der Waals surface area contributed by atoms with Crippen LogP contribution in [-0.4, -0.2) is 57.3 Å². The van der Waals surface area contributed by atoms with E-state index in [0.29, 0.717) is 12.8 Å². The molecule has 4 fully saturated rings. The van der Waals surface area contributed by atoms with E-state index in [-0.39, 0.29) is 52.6 Å². The van der Waals surface area contributed by atoms with Crippen molar-refractivity contribution in [3.8, 4) is 11.5 Å². The van der Waals surface area contributed by atoms with E-state index < -0.39 is 59.1 Å². The number of carbonyl (C=O) groups is 3. The molecule has 0 radical (unpaired) electrons. The molecule has 3 N–H and O–H groups in total. The lowest BCUT2D eigenvalue weighted by atomic mass is 9.46. The molecule has 0 amide bonds. The van der Waals surface area contributed by atoms with Crippen molar-refractivity contribution in [2.24, 2.45) is 28.6 Å². The Balaban J connectivity index is 1.18. The zero-order chi connectivity index (χ0) is 31.9. The molecule has 1 heterocycles. The van der Waals surface area contributed by atoms with Crippen LogP contribution in [0.4, 0.5) is 4.39 Å². The summed E-state index contributed by atoms with van der Waals surface area (Å²) >= 11 is 0. The maximum atomic E-state index is 15.6. The Morgan fingerprint density at radius 2 is 1.91 bits per heavy atom. The molecule has 45 heavy (non-hydrogen) atoms. The Morgan fingerprint density at radius 1 is 1.13 bits per heavy atom. The van der Waals surface area contributed by atoms with Crippen molar-refractivity contribution in [3.05, 3.63) is 83.2 Å². The van der Waals surface area contributed by atoms with Crippen molar-refractivity contribution >= 4 is 17.5 Å². The maximum Gasteiger partial charge on any atom is 0.335 e. The minimum absolute atomic E-state index is 0.00571. The number of allylic oxidation sites excluding steroid dienone is 4. The molecule has 7 rings (SSSR count). The van der Waals surface area contributed by atoms with Gasteiger partial charge in [-0.05, 0) is 80.0 Å². The Kier molecular flexibility index (Phi) is 6.94. The van der Waals surface area contributed by atoms with Gasteiger partial charge in [0.2, 0.25) is 0 Å². The molecule has 2 aromatic carbocycles. The van der Waals surface area contributed by atoms with Gasteiger partial charge < -0.3 is 29.5 Å². The molecule has 10 heteroatoms. The van der Waals surface area contributed by atoms with Crippen molar-refractivity contribution in [2.45, 2.75) is 63.6 Å². The van der Waals surface area contributed by atoms with Crippen LogP contribution in [0.3, 0.4) is 0 Å². The van der Waals surface area contributed by atoms with Crippen molar-refractivity contribution < 1.29 is 48.3 Å². The van der Waals surface area contributed by atoms with E-state index in [1.165, 1.54) is 30.3 Å². The molecule has 1 saturated heterocycles. The molecule has 9 atom stereocenters. The maximum absolute atomic E-state index is 15.6. The number of aliphatic hydroxyl groups is 2. The van der Waals surface area contributed by atoms with E-state index in [2.05, 4.69) is 6.92 Å². The molecular weight excluding hydrogens is 583 g/mol. The number of ketones is 2.